The Labute approximate surface area is 155 Å². The molecule has 8 heteroatoms. The number of phenols is 1. The summed E-state index contributed by atoms with van der Waals surface area (Å²) in [5.74, 6) is -3.47. The number of fused-ring (bicyclic) bond motifs is 1. The predicted octanol–water partition coefficient (Wildman–Crippen LogP) is -1.13. The summed E-state index contributed by atoms with van der Waals surface area (Å²) in [5.41, 5.74) is -1.05. The fraction of sp³-hybridized carbons (Fsp3) is 0.500. The van der Waals surface area contributed by atoms with Crippen LogP contribution in [0.3, 0.4) is 0 Å². The van der Waals surface area contributed by atoms with E-state index in [1.54, 1.807) is 30.4 Å². The zero-order valence-electron chi connectivity index (χ0n) is 14.7. The van der Waals surface area contributed by atoms with Crippen LogP contribution in [-0.4, -0.2) is 51.9 Å². The normalized spacial score (nSPS) is 30.7. The van der Waals surface area contributed by atoms with Crippen LogP contribution >= 0.6 is 11.8 Å². The lowest BCUT2D eigenvalue weighted by Gasteiger charge is -2.32. The predicted molar refractivity (Wildman–Crippen MR) is 92.9 cm³/mol. The van der Waals surface area contributed by atoms with Gasteiger partial charge < -0.3 is 20.3 Å². The molecule has 0 aliphatic carbocycles. The number of hydrogen-bond donors (Lipinski definition) is 2. The van der Waals surface area contributed by atoms with Gasteiger partial charge in [0.25, 0.3) is 0 Å². The monoisotopic (exact) mass is 378 g/mol. The number of rotatable bonds is 6. The number of amides is 2. The summed E-state index contributed by atoms with van der Waals surface area (Å²) in [6.45, 7) is 1.89. The van der Waals surface area contributed by atoms with E-state index in [1.165, 1.54) is 17.8 Å². The van der Waals surface area contributed by atoms with Crippen LogP contribution in [0.1, 0.15) is 24.9 Å². The number of nitrogens with zero attached hydrogens (tertiary/aromatic N) is 1. The minimum absolute atomic E-state index is 0.0123. The van der Waals surface area contributed by atoms with E-state index < -0.39 is 35.3 Å². The van der Waals surface area contributed by atoms with Crippen molar-refractivity contribution >= 4 is 29.5 Å². The van der Waals surface area contributed by atoms with Gasteiger partial charge in [-0.25, -0.2) is 0 Å². The van der Waals surface area contributed by atoms with Gasteiger partial charge in [-0.3, -0.25) is 14.5 Å². The van der Waals surface area contributed by atoms with Crippen molar-refractivity contribution < 1.29 is 29.9 Å². The number of thioether (sulfide) groups is 1. The number of likely N-dealkylation sites (tertiary alicyclic amines) is 1. The van der Waals surface area contributed by atoms with Gasteiger partial charge in [-0.15, -0.1) is 0 Å². The lowest BCUT2D eigenvalue weighted by molar-refractivity contribution is -0.739. The molecule has 7 nitrogen and oxygen atoms in total. The lowest BCUT2D eigenvalue weighted by atomic mass is 9.78. The van der Waals surface area contributed by atoms with Gasteiger partial charge in [-0.05, 0) is 31.1 Å². The second-order valence-electron chi connectivity index (χ2n) is 6.75. The van der Waals surface area contributed by atoms with E-state index in [9.17, 15) is 24.6 Å². The molecule has 0 saturated carbocycles. The van der Waals surface area contributed by atoms with Crippen molar-refractivity contribution in [2.75, 3.05) is 18.6 Å². The average Bonchev–Trinajstić information content (AvgIpc) is 3.08. The number of carbonyl (C=O) groups excluding carboxylic acids is 3. The van der Waals surface area contributed by atoms with Gasteiger partial charge in [0, 0.05) is 13.0 Å². The smallest absolute Gasteiger partial charge is 0.240 e. The van der Waals surface area contributed by atoms with Crippen LogP contribution in [0.2, 0.25) is 0 Å². The van der Waals surface area contributed by atoms with Gasteiger partial charge in [0.1, 0.15) is 29.6 Å². The summed E-state index contributed by atoms with van der Waals surface area (Å²) >= 11 is 1.48. The summed E-state index contributed by atoms with van der Waals surface area (Å²) in [6, 6.07) is 5.90. The van der Waals surface area contributed by atoms with Crippen molar-refractivity contribution in [2.45, 2.75) is 24.9 Å². The van der Waals surface area contributed by atoms with Crippen molar-refractivity contribution in [2.24, 2.45) is 11.8 Å². The molecule has 2 heterocycles. The highest BCUT2D eigenvalue weighted by Crippen LogP contribution is 2.46. The Morgan fingerprint density at radius 2 is 2.04 bits per heavy atom. The SMILES string of the molecule is CCN1C(=O)[C@H]2[C@@H](C1=O)[C@](CCSC)(C(=O)[O-])[NH2+][C@H]2c1ccccc1O. The number of benzene rings is 1. The van der Waals surface area contributed by atoms with Crippen LogP contribution in [0.15, 0.2) is 24.3 Å². The molecule has 0 spiro atoms. The molecule has 2 amide bonds. The summed E-state index contributed by atoms with van der Waals surface area (Å²) in [7, 11) is 0. The number of phenolic OH excluding ortho intramolecular Hbond substituents is 1. The molecule has 1 aromatic rings. The largest absolute Gasteiger partial charge is 0.544 e. The van der Waals surface area contributed by atoms with Crippen molar-refractivity contribution in [3.8, 4) is 5.75 Å². The molecule has 26 heavy (non-hydrogen) atoms. The molecule has 0 radical (unpaired) electrons. The van der Waals surface area contributed by atoms with Gasteiger partial charge in [0.05, 0.1) is 5.56 Å². The van der Waals surface area contributed by atoms with Gasteiger partial charge in [-0.2, -0.15) is 11.8 Å². The molecule has 140 valence electrons. The minimum Gasteiger partial charge on any atom is -0.544 e. The first-order chi connectivity index (χ1) is 12.4. The molecule has 0 unspecified atom stereocenters. The minimum atomic E-state index is -1.52. The number of hydrogen-bond acceptors (Lipinski definition) is 6. The molecular formula is C18H22N2O5S. The van der Waals surface area contributed by atoms with Crippen LogP contribution in [0.5, 0.6) is 5.75 Å². The van der Waals surface area contributed by atoms with E-state index in [-0.39, 0.29) is 24.6 Å². The van der Waals surface area contributed by atoms with E-state index in [0.29, 0.717) is 11.3 Å². The third-order valence-electron chi connectivity index (χ3n) is 5.57. The van der Waals surface area contributed by atoms with E-state index in [4.69, 9.17) is 0 Å². The van der Waals surface area contributed by atoms with Crippen LogP contribution < -0.4 is 10.4 Å². The van der Waals surface area contributed by atoms with Crippen molar-refractivity contribution in [1.29, 1.82) is 0 Å². The maximum absolute atomic E-state index is 12.9. The van der Waals surface area contributed by atoms with Crippen LogP contribution in [-0.2, 0) is 14.4 Å². The zero-order valence-corrected chi connectivity index (χ0v) is 15.5. The molecule has 4 atom stereocenters. The molecule has 3 N–H and O–H groups in total. The second kappa shape index (κ2) is 6.92. The molecule has 0 bridgehead atoms. The van der Waals surface area contributed by atoms with Gasteiger partial charge in [0.15, 0.2) is 5.54 Å². The Hall–Kier alpha value is -2.06. The third kappa shape index (κ3) is 2.59. The highest BCUT2D eigenvalue weighted by atomic mass is 32.2. The van der Waals surface area contributed by atoms with E-state index in [1.807, 2.05) is 6.26 Å². The number of aliphatic carboxylic acids is 1. The van der Waals surface area contributed by atoms with Crippen LogP contribution in [0.25, 0.3) is 0 Å². The first-order valence-electron chi connectivity index (χ1n) is 8.58. The summed E-state index contributed by atoms with van der Waals surface area (Å²) in [4.78, 5) is 39.1. The van der Waals surface area contributed by atoms with E-state index >= 15 is 0 Å². The fourth-order valence-electron chi connectivity index (χ4n) is 4.35. The lowest BCUT2D eigenvalue weighted by Crippen LogP contribution is -2.99. The number of quaternary nitrogens is 1. The number of para-hydroxylation sites is 1. The summed E-state index contributed by atoms with van der Waals surface area (Å²) in [5, 5.41) is 24.0. The zero-order chi connectivity index (χ0) is 19.1. The summed E-state index contributed by atoms with van der Waals surface area (Å²) in [6.07, 6.45) is 2.06. The van der Waals surface area contributed by atoms with Crippen molar-refractivity contribution in [3.05, 3.63) is 29.8 Å². The van der Waals surface area contributed by atoms with Gasteiger partial charge in [0.2, 0.25) is 11.8 Å². The molecule has 3 rings (SSSR count). The maximum atomic E-state index is 12.9. The Balaban J connectivity index is 2.14. The third-order valence-corrected chi connectivity index (χ3v) is 6.19. The highest BCUT2D eigenvalue weighted by Gasteiger charge is 2.69. The Morgan fingerprint density at radius 3 is 2.62 bits per heavy atom. The number of carbonyl (C=O) groups is 3. The van der Waals surface area contributed by atoms with Crippen LogP contribution in [0, 0.1) is 11.8 Å². The fourth-order valence-corrected chi connectivity index (χ4v) is 4.90. The Bertz CT molecular complexity index is 755. The molecule has 2 aliphatic rings. The Kier molecular flexibility index (Phi) is 4.98. The molecular weight excluding hydrogens is 356 g/mol. The van der Waals surface area contributed by atoms with Crippen molar-refractivity contribution in [1.82, 2.24) is 4.90 Å². The van der Waals surface area contributed by atoms with E-state index in [0.717, 1.165) is 4.90 Å². The first-order valence-corrected chi connectivity index (χ1v) is 9.98. The van der Waals surface area contributed by atoms with Gasteiger partial charge in [-0.1, -0.05) is 12.1 Å². The number of aromatic hydroxyl groups is 1. The Morgan fingerprint density at radius 1 is 1.35 bits per heavy atom. The number of carboxylic acid groups (broad SMARTS) is 1. The van der Waals surface area contributed by atoms with Crippen molar-refractivity contribution in [3.63, 3.8) is 0 Å². The first kappa shape index (κ1) is 18.7. The van der Waals surface area contributed by atoms with E-state index in [2.05, 4.69) is 0 Å². The molecule has 2 aliphatic heterocycles. The standard InChI is InChI=1S/C18H22N2O5S/c1-3-20-15(22)12-13(16(20)23)18(17(24)25,8-9-26-2)19-14(12)10-6-4-5-7-11(10)21/h4-7,12-14,19,21H,3,8-9H2,1-2H3,(H,24,25)/t12-,13-,14-,18+/m0/s1. The number of carboxylic acids is 1. The average molecular weight is 378 g/mol. The molecule has 2 fully saturated rings. The van der Waals surface area contributed by atoms with Gasteiger partial charge >= 0.3 is 0 Å². The quantitative estimate of drug-likeness (QED) is 0.606. The van der Waals surface area contributed by atoms with Crippen LogP contribution in [0.4, 0.5) is 0 Å². The highest BCUT2D eigenvalue weighted by molar-refractivity contribution is 7.98. The molecule has 2 saturated heterocycles. The molecule has 0 aromatic heterocycles. The number of imide groups is 1. The second-order valence-corrected chi connectivity index (χ2v) is 7.73. The number of nitrogens with two attached hydrogens (primary N) is 1. The summed E-state index contributed by atoms with van der Waals surface area (Å²) < 4.78 is 0. The topological polar surface area (TPSA) is 114 Å². The molecule has 1 aromatic carbocycles. The maximum Gasteiger partial charge on any atom is 0.240 e.